The largest absolute Gasteiger partial charge is 0.508 e. The van der Waals surface area contributed by atoms with E-state index in [4.69, 9.17) is 4.74 Å². The number of phenols is 1. The minimum absolute atomic E-state index is 0.179. The monoisotopic (exact) mass is 432 g/mol. The second-order valence-corrected chi connectivity index (χ2v) is 8.10. The number of benzene rings is 1. The van der Waals surface area contributed by atoms with E-state index in [1.54, 1.807) is 32.9 Å². The lowest BCUT2D eigenvalue weighted by Gasteiger charge is -2.32. The normalized spacial score (nSPS) is 12.8. The van der Waals surface area contributed by atoms with E-state index in [2.05, 4.69) is 10.6 Å². The van der Waals surface area contributed by atoms with Crippen LogP contribution in [0.15, 0.2) is 24.3 Å². The summed E-state index contributed by atoms with van der Waals surface area (Å²) in [6.07, 6.45) is 0.804. The molecular weight excluding hydrogens is 400 g/mol. The van der Waals surface area contributed by atoms with E-state index in [9.17, 15) is 24.8 Å². The molecule has 0 aliphatic heterocycles. The molecule has 3 N–H and O–H groups in total. The second kappa shape index (κ2) is 11.8. The molecule has 1 aromatic carbocycles. The number of rotatable bonds is 9. The van der Waals surface area contributed by atoms with E-state index in [0.717, 1.165) is 17.7 Å². The van der Waals surface area contributed by atoms with Crippen molar-refractivity contribution in [1.82, 2.24) is 15.5 Å². The quantitative estimate of drug-likeness (QED) is 0.406. The summed E-state index contributed by atoms with van der Waals surface area (Å²) in [7, 11) is 0. The summed E-state index contributed by atoms with van der Waals surface area (Å²) < 4.78 is 5.17. The van der Waals surface area contributed by atoms with E-state index in [1.807, 2.05) is 13.0 Å². The molecule has 170 valence electrons. The van der Waals surface area contributed by atoms with Crippen LogP contribution in [0.5, 0.6) is 5.75 Å². The first-order valence-electron chi connectivity index (χ1n) is 10.2. The molecule has 2 atom stereocenters. The Morgan fingerprint density at radius 2 is 1.90 bits per heavy atom. The molecule has 31 heavy (non-hydrogen) atoms. The number of nitrogens with one attached hydrogen (secondary N) is 2. The minimum atomic E-state index is -1.24. The van der Waals surface area contributed by atoms with Gasteiger partial charge in [0.15, 0.2) is 0 Å². The Morgan fingerprint density at radius 3 is 2.45 bits per heavy atom. The summed E-state index contributed by atoms with van der Waals surface area (Å²) in [5.41, 5.74) is -0.568. The molecule has 0 fully saturated rings. The molecule has 0 saturated carbocycles. The van der Waals surface area contributed by atoms with Gasteiger partial charge in [0, 0.05) is 12.1 Å². The van der Waals surface area contributed by atoms with Gasteiger partial charge in [-0.05, 0) is 40.2 Å². The number of unbranched alkanes of at least 4 members (excludes halogenated alkanes) is 1. The number of amides is 3. The average molecular weight is 433 g/mol. The number of hydrogen-bond acceptors (Lipinski definition) is 6. The third kappa shape index (κ3) is 8.16. The SMILES string of the molecule is CCCCNC(=O)C(c1ccccc1O)N(CC#N)C(=O)C(C)NC(=O)OC(C)(C)C. The highest BCUT2D eigenvalue weighted by Gasteiger charge is 2.35. The number of aromatic hydroxyl groups is 1. The number of ether oxygens (including phenoxy) is 1. The van der Waals surface area contributed by atoms with E-state index in [1.165, 1.54) is 19.1 Å². The van der Waals surface area contributed by atoms with Crippen LogP contribution in [0.3, 0.4) is 0 Å². The smallest absolute Gasteiger partial charge is 0.408 e. The number of alkyl carbamates (subject to hydrolysis) is 1. The van der Waals surface area contributed by atoms with Gasteiger partial charge in [-0.1, -0.05) is 31.5 Å². The summed E-state index contributed by atoms with van der Waals surface area (Å²) in [5.74, 6) is -1.36. The number of hydrogen-bond donors (Lipinski definition) is 3. The van der Waals surface area contributed by atoms with Crippen LogP contribution in [0.4, 0.5) is 4.79 Å². The van der Waals surface area contributed by atoms with Crippen LogP contribution in [-0.2, 0) is 14.3 Å². The lowest BCUT2D eigenvalue weighted by Crippen LogP contribution is -2.52. The molecule has 2 unspecified atom stereocenters. The van der Waals surface area contributed by atoms with Crippen molar-refractivity contribution in [2.45, 2.75) is 65.1 Å². The highest BCUT2D eigenvalue weighted by atomic mass is 16.6. The van der Waals surface area contributed by atoms with Crippen LogP contribution in [-0.4, -0.2) is 52.6 Å². The molecule has 0 aliphatic rings. The maximum atomic E-state index is 13.1. The van der Waals surface area contributed by atoms with Crippen LogP contribution in [0.2, 0.25) is 0 Å². The second-order valence-electron chi connectivity index (χ2n) is 8.10. The first kappa shape index (κ1) is 25.8. The Balaban J connectivity index is 3.21. The molecule has 1 aromatic rings. The Morgan fingerprint density at radius 1 is 1.26 bits per heavy atom. The van der Waals surface area contributed by atoms with Crippen molar-refractivity contribution in [3.05, 3.63) is 29.8 Å². The van der Waals surface area contributed by atoms with Gasteiger partial charge in [-0.25, -0.2) is 4.79 Å². The number of para-hydroxylation sites is 1. The van der Waals surface area contributed by atoms with Crippen molar-refractivity contribution in [3.63, 3.8) is 0 Å². The van der Waals surface area contributed by atoms with Gasteiger partial charge in [0.2, 0.25) is 11.8 Å². The maximum absolute atomic E-state index is 13.1. The molecule has 0 radical (unpaired) electrons. The standard InChI is InChI=1S/C22H32N4O5/c1-6-7-13-24-19(28)18(16-10-8-9-11-17(16)27)26(14-12-23)20(29)15(2)25-21(30)31-22(3,4)5/h8-11,15,18,27H,6-7,13-14H2,1-5H3,(H,24,28)(H,25,30). The number of nitrogens with zero attached hydrogens (tertiary/aromatic N) is 2. The van der Waals surface area contributed by atoms with E-state index in [-0.39, 0.29) is 11.3 Å². The molecule has 0 saturated heterocycles. The first-order chi connectivity index (χ1) is 14.5. The zero-order chi connectivity index (χ0) is 23.6. The van der Waals surface area contributed by atoms with Crippen LogP contribution in [0.25, 0.3) is 0 Å². The van der Waals surface area contributed by atoms with Crippen LogP contribution < -0.4 is 10.6 Å². The van der Waals surface area contributed by atoms with Crippen molar-refractivity contribution in [2.24, 2.45) is 0 Å². The van der Waals surface area contributed by atoms with Crippen molar-refractivity contribution < 1.29 is 24.2 Å². The lowest BCUT2D eigenvalue weighted by molar-refractivity contribution is -0.141. The third-order valence-corrected chi connectivity index (χ3v) is 4.25. The molecule has 0 aromatic heterocycles. The maximum Gasteiger partial charge on any atom is 0.408 e. The van der Waals surface area contributed by atoms with Crippen LogP contribution >= 0.6 is 0 Å². The van der Waals surface area contributed by atoms with Gasteiger partial charge in [-0.2, -0.15) is 5.26 Å². The molecule has 0 bridgehead atoms. The molecular formula is C22H32N4O5. The molecule has 0 aliphatic carbocycles. The Hall–Kier alpha value is -3.28. The third-order valence-electron chi connectivity index (χ3n) is 4.25. The number of phenolic OH excluding ortho intramolecular Hbond substituents is 1. The van der Waals surface area contributed by atoms with Crippen LogP contribution in [0.1, 0.15) is 59.1 Å². The summed E-state index contributed by atoms with van der Waals surface area (Å²) in [6, 6.07) is 5.71. The fraction of sp³-hybridized carbons (Fsp3) is 0.545. The summed E-state index contributed by atoms with van der Waals surface area (Å²) in [6.45, 7) is 8.45. The molecule has 0 heterocycles. The Bertz CT molecular complexity index is 813. The van der Waals surface area contributed by atoms with E-state index >= 15 is 0 Å². The average Bonchev–Trinajstić information content (AvgIpc) is 2.67. The number of nitriles is 1. The van der Waals surface area contributed by atoms with Gasteiger partial charge in [-0.15, -0.1) is 0 Å². The van der Waals surface area contributed by atoms with Gasteiger partial charge in [0.1, 0.15) is 30.0 Å². The zero-order valence-corrected chi connectivity index (χ0v) is 18.8. The van der Waals surface area contributed by atoms with Crippen molar-refractivity contribution in [2.75, 3.05) is 13.1 Å². The summed E-state index contributed by atoms with van der Waals surface area (Å²) in [5, 5.41) is 24.8. The Kier molecular flexibility index (Phi) is 9.80. The highest BCUT2D eigenvalue weighted by molar-refractivity contribution is 5.92. The molecule has 9 heteroatoms. The van der Waals surface area contributed by atoms with Crippen molar-refractivity contribution >= 4 is 17.9 Å². The highest BCUT2D eigenvalue weighted by Crippen LogP contribution is 2.29. The molecule has 3 amide bonds. The van der Waals surface area contributed by atoms with Gasteiger partial charge in [0.25, 0.3) is 0 Å². The fourth-order valence-corrected chi connectivity index (χ4v) is 2.82. The Labute approximate surface area is 183 Å². The zero-order valence-electron chi connectivity index (χ0n) is 18.8. The first-order valence-corrected chi connectivity index (χ1v) is 10.2. The number of carbonyl (C=O) groups excluding carboxylic acids is 3. The number of carbonyl (C=O) groups is 3. The predicted molar refractivity (Wildman–Crippen MR) is 115 cm³/mol. The predicted octanol–water partition coefficient (Wildman–Crippen LogP) is 2.61. The van der Waals surface area contributed by atoms with Gasteiger partial charge in [-0.3, -0.25) is 9.59 Å². The fourth-order valence-electron chi connectivity index (χ4n) is 2.82. The van der Waals surface area contributed by atoms with Crippen LogP contribution in [0, 0.1) is 11.3 Å². The van der Waals surface area contributed by atoms with Crippen molar-refractivity contribution in [3.8, 4) is 11.8 Å². The van der Waals surface area contributed by atoms with Gasteiger partial charge < -0.3 is 25.4 Å². The minimum Gasteiger partial charge on any atom is -0.508 e. The topological polar surface area (TPSA) is 132 Å². The lowest BCUT2D eigenvalue weighted by atomic mass is 10.0. The van der Waals surface area contributed by atoms with Gasteiger partial charge >= 0.3 is 6.09 Å². The summed E-state index contributed by atoms with van der Waals surface area (Å²) in [4.78, 5) is 39.2. The van der Waals surface area contributed by atoms with E-state index < -0.39 is 42.1 Å². The molecule has 0 spiro atoms. The van der Waals surface area contributed by atoms with Gasteiger partial charge in [0.05, 0.1) is 6.07 Å². The van der Waals surface area contributed by atoms with Crippen molar-refractivity contribution in [1.29, 1.82) is 5.26 Å². The van der Waals surface area contributed by atoms with E-state index in [0.29, 0.717) is 6.54 Å². The molecule has 1 rings (SSSR count). The molecule has 9 nitrogen and oxygen atoms in total. The summed E-state index contributed by atoms with van der Waals surface area (Å²) >= 11 is 0.